The van der Waals surface area contributed by atoms with E-state index in [2.05, 4.69) is 14.9 Å². The summed E-state index contributed by atoms with van der Waals surface area (Å²) in [5.74, 6) is 0.0988. The Morgan fingerprint density at radius 3 is 2.21 bits per heavy atom. The van der Waals surface area contributed by atoms with Crippen LogP contribution in [0.25, 0.3) is 0 Å². The quantitative estimate of drug-likeness (QED) is 0.820. The molecule has 2 fully saturated rings. The number of carbonyl (C=O) groups is 1. The van der Waals surface area contributed by atoms with Crippen molar-refractivity contribution in [3.05, 3.63) is 54.6 Å². The lowest BCUT2D eigenvalue weighted by Gasteiger charge is -2.39. The predicted octanol–water partition coefficient (Wildman–Crippen LogP) is 1.99. The molecule has 1 amide bonds. The van der Waals surface area contributed by atoms with Gasteiger partial charge >= 0.3 is 0 Å². The molecule has 0 atom stereocenters. The summed E-state index contributed by atoms with van der Waals surface area (Å²) in [5, 5.41) is 3.35. The van der Waals surface area contributed by atoms with Gasteiger partial charge < -0.3 is 10.2 Å². The average molecular weight is 401 g/mol. The third-order valence-electron chi connectivity index (χ3n) is 5.42. The monoisotopic (exact) mass is 400 g/mol. The zero-order chi connectivity index (χ0) is 19.8. The number of para-hydroxylation sites is 1. The molecule has 148 valence electrons. The van der Waals surface area contributed by atoms with Crippen molar-refractivity contribution in [3.8, 4) is 0 Å². The Bertz CT molecular complexity index is 955. The fourth-order valence-electron chi connectivity index (χ4n) is 4.09. The highest BCUT2D eigenvalue weighted by Crippen LogP contribution is 2.40. The standard InChI is InChI=1S/C20H24N4O3S/c1-28(26,27)22-16-7-9-17(10-8-16)23-15-24(18-5-3-2-4-6-18)20(19(23)25)11-13-21-14-12-20/h2-10,21-22H,11-15H2,1H3. The molecule has 7 nitrogen and oxygen atoms in total. The van der Waals surface area contributed by atoms with Crippen molar-refractivity contribution in [1.82, 2.24) is 5.32 Å². The zero-order valence-corrected chi connectivity index (χ0v) is 16.6. The zero-order valence-electron chi connectivity index (χ0n) is 15.8. The van der Waals surface area contributed by atoms with Crippen molar-refractivity contribution in [1.29, 1.82) is 0 Å². The first-order valence-electron chi connectivity index (χ1n) is 9.32. The molecule has 0 unspecified atom stereocenters. The lowest BCUT2D eigenvalue weighted by atomic mass is 9.86. The Morgan fingerprint density at radius 1 is 0.964 bits per heavy atom. The Kier molecular flexibility index (Phi) is 4.76. The van der Waals surface area contributed by atoms with Gasteiger partial charge in [0.1, 0.15) is 5.54 Å². The molecule has 2 aromatic rings. The molecule has 2 aromatic carbocycles. The van der Waals surface area contributed by atoms with Crippen LogP contribution in [0.15, 0.2) is 54.6 Å². The number of nitrogens with zero attached hydrogens (tertiary/aromatic N) is 2. The molecule has 0 bridgehead atoms. The first-order chi connectivity index (χ1) is 13.4. The number of nitrogens with one attached hydrogen (secondary N) is 2. The van der Waals surface area contributed by atoms with E-state index in [4.69, 9.17) is 0 Å². The number of carbonyl (C=O) groups excluding carboxylic acids is 1. The van der Waals surface area contributed by atoms with Crippen LogP contribution in [0.5, 0.6) is 0 Å². The molecule has 0 aromatic heterocycles. The number of sulfonamides is 1. The van der Waals surface area contributed by atoms with Crippen LogP contribution in [-0.4, -0.2) is 45.9 Å². The minimum absolute atomic E-state index is 0.0988. The van der Waals surface area contributed by atoms with Crippen molar-refractivity contribution < 1.29 is 13.2 Å². The first kappa shape index (κ1) is 18.8. The lowest BCUT2D eigenvalue weighted by molar-refractivity contribution is -0.122. The maximum absolute atomic E-state index is 13.5. The second-order valence-corrected chi connectivity index (χ2v) is 9.09. The van der Waals surface area contributed by atoms with Gasteiger partial charge in [-0.25, -0.2) is 8.42 Å². The van der Waals surface area contributed by atoms with E-state index >= 15 is 0 Å². The molecule has 0 aliphatic carbocycles. The van der Waals surface area contributed by atoms with E-state index in [0.29, 0.717) is 12.4 Å². The van der Waals surface area contributed by atoms with Crippen LogP contribution in [0.4, 0.5) is 17.1 Å². The van der Waals surface area contributed by atoms with Crippen molar-refractivity contribution in [2.45, 2.75) is 18.4 Å². The summed E-state index contributed by atoms with van der Waals surface area (Å²) in [6.07, 6.45) is 2.62. The number of rotatable bonds is 4. The molecule has 2 heterocycles. The van der Waals surface area contributed by atoms with Crippen molar-refractivity contribution in [2.75, 3.05) is 40.5 Å². The summed E-state index contributed by atoms with van der Waals surface area (Å²) in [6.45, 7) is 2.09. The van der Waals surface area contributed by atoms with Crippen LogP contribution in [-0.2, 0) is 14.8 Å². The molecule has 0 saturated carbocycles. The molecule has 0 radical (unpaired) electrons. The molecule has 1 spiro atoms. The Balaban J connectivity index is 1.66. The Labute approximate surface area is 165 Å². The maximum atomic E-state index is 13.5. The largest absolute Gasteiger partial charge is 0.338 e. The molecular formula is C20H24N4O3S. The highest BCUT2D eigenvalue weighted by atomic mass is 32.2. The van der Waals surface area contributed by atoms with Crippen molar-refractivity contribution in [3.63, 3.8) is 0 Å². The number of anilines is 3. The van der Waals surface area contributed by atoms with Gasteiger partial charge in [0.05, 0.1) is 12.9 Å². The first-order valence-corrected chi connectivity index (χ1v) is 11.2. The number of benzene rings is 2. The minimum Gasteiger partial charge on any atom is -0.338 e. The average Bonchev–Trinajstić information content (AvgIpc) is 2.95. The molecular weight excluding hydrogens is 376 g/mol. The van der Waals surface area contributed by atoms with E-state index in [9.17, 15) is 13.2 Å². The molecule has 2 N–H and O–H groups in total. The number of hydrogen-bond donors (Lipinski definition) is 2. The molecule has 4 rings (SSSR count). The third kappa shape index (κ3) is 3.45. The van der Waals surface area contributed by atoms with Gasteiger partial charge in [-0.1, -0.05) is 18.2 Å². The smallest absolute Gasteiger partial charge is 0.254 e. The van der Waals surface area contributed by atoms with E-state index < -0.39 is 15.6 Å². The molecule has 2 aliphatic rings. The minimum atomic E-state index is -3.33. The van der Waals surface area contributed by atoms with E-state index in [1.54, 1.807) is 29.2 Å². The van der Waals surface area contributed by atoms with Gasteiger partial charge in [0.25, 0.3) is 5.91 Å². The third-order valence-corrected chi connectivity index (χ3v) is 6.03. The van der Waals surface area contributed by atoms with Crippen LogP contribution in [0, 0.1) is 0 Å². The number of amides is 1. The van der Waals surface area contributed by atoms with Gasteiger partial charge in [-0.05, 0) is 62.3 Å². The lowest BCUT2D eigenvalue weighted by Crippen LogP contribution is -2.55. The second kappa shape index (κ2) is 7.10. The highest BCUT2D eigenvalue weighted by Gasteiger charge is 2.53. The van der Waals surface area contributed by atoms with E-state index in [-0.39, 0.29) is 5.91 Å². The van der Waals surface area contributed by atoms with Crippen molar-refractivity contribution in [2.24, 2.45) is 0 Å². The Morgan fingerprint density at radius 2 is 1.61 bits per heavy atom. The molecule has 2 aliphatic heterocycles. The fraction of sp³-hybridized carbons (Fsp3) is 0.350. The normalized spacial score (nSPS) is 19.2. The summed E-state index contributed by atoms with van der Waals surface area (Å²) in [6, 6.07) is 17.0. The summed E-state index contributed by atoms with van der Waals surface area (Å²) in [7, 11) is -3.33. The number of piperidine rings is 1. The van der Waals surface area contributed by atoms with Crippen LogP contribution < -0.4 is 19.8 Å². The topological polar surface area (TPSA) is 81.8 Å². The highest BCUT2D eigenvalue weighted by molar-refractivity contribution is 7.92. The summed E-state index contributed by atoms with van der Waals surface area (Å²) in [4.78, 5) is 17.5. The van der Waals surface area contributed by atoms with Gasteiger partial charge in [0.2, 0.25) is 10.0 Å². The fourth-order valence-corrected chi connectivity index (χ4v) is 4.66. The van der Waals surface area contributed by atoms with Crippen molar-refractivity contribution >= 4 is 33.0 Å². The summed E-state index contributed by atoms with van der Waals surface area (Å²) >= 11 is 0. The van der Waals surface area contributed by atoms with E-state index in [0.717, 1.165) is 43.6 Å². The van der Waals surface area contributed by atoms with Crippen LogP contribution >= 0.6 is 0 Å². The predicted molar refractivity (Wildman–Crippen MR) is 111 cm³/mol. The number of hydrogen-bond acceptors (Lipinski definition) is 5. The van der Waals surface area contributed by atoms with E-state index in [1.165, 1.54) is 0 Å². The summed E-state index contributed by atoms with van der Waals surface area (Å²) in [5.41, 5.74) is 1.74. The van der Waals surface area contributed by atoms with Gasteiger partial charge in [0, 0.05) is 17.1 Å². The molecule has 2 saturated heterocycles. The van der Waals surface area contributed by atoms with Gasteiger partial charge in [-0.2, -0.15) is 0 Å². The second-order valence-electron chi connectivity index (χ2n) is 7.34. The van der Waals surface area contributed by atoms with Crippen LogP contribution in [0.2, 0.25) is 0 Å². The van der Waals surface area contributed by atoms with Gasteiger partial charge in [0.15, 0.2) is 0 Å². The summed E-state index contributed by atoms with van der Waals surface area (Å²) < 4.78 is 25.3. The Hall–Kier alpha value is -2.58. The molecule has 8 heteroatoms. The molecule has 28 heavy (non-hydrogen) atoms. The maximum Gasteiger partial charge on any atom is 0.254 e. The van der Waals surface area contributed by atoms with E-state index in [1.807, 2.05) is 30.3 Å². The SMILES string of the molecule is CS(=O)(=O)Nc1ccc(N2CN(c3ccccc3)C3(CCNCC3)C2=O)cc1. The van der Waals surface area contributed by atoms with Gasteiger partial charge in [-0.15, -0.1) is 0 Å². The van der Waals surface area contributed by atoms with Crippen LogP contribution in [0.1, 0.15) is 12.8 Å². The van der Waals surface area contributed by atoms with Crippen LogP contribution in [0.3, 0.4) is 0 Å². The van der Waals surface area contributed by atoms with Gasteiger partial charge in [-0.3, -0.25) is 14.4 Å².